The monoisotopic (exact) mass is 222 g/mol. The van der Waals surface area contributed by atoms with Crippen molar-refractivity contribution >= 4 is 5.91 Å². The quantitative estimate of drug-likeness (QED) is 0.707. The molecular formula is C11H18N4O. The predicted molar refractivity (Wildman–Crippen MR) is 60.9 cm³/mol. The molecule has 0 atom stereocenters. The third-order valence-electron chi connectivity index (χ3n) is 3.34. The second-order valence-electron chi connectivity index (χ2n) is 4.49. The van der Waals surface area contributed by atoms with Crippen molar-refractivity contribution in [3.63, 3.8) is 0 Å². The van der Waals surface area contributed by atoms with Gasteiger partial charge in [-0.05, 0) is 12.8 Å². The number of nitrogens with zero attached hydrogens (tertiary/aromatic N) is 1. The number of nitrogens with one attached hydrogen (secondary N) is 2. The molecule has 0 unspecified atom stereocenters. The minimum Gasteiger partial charge on any atom is -0.345 e. The van der Waals surface area contributed by atoms with Crippen LogP contribution in [0.15, 0.2) is 12.4 Å². The largest absolute Gasteiger partial charge is 0.345 e. The number of hydrogen-bond donors (Lipinski definition) is 3. The topological polar surface area (TPSA) is 83.8 Å². The average molecular weight is 222 g/mol. The highest BCUT2D eigenvalue weighted by atomic mass is 16.1. The molecule has 0 radical (unpaired) electrons. The van der Waals surface area contributed by atoms with Gasteiger partial charge in [-0.15, -0.1) is 0 Å². The summed E-state index contributed by atoms with van der Waals surface area (Å²) in [6.07, 6.45) is 8.61. The van der Waals surface area contributed by atoms with E-state index in [9.17, 15) is 4.79 Å². The van der Waals surface area contributed by atoms with Crippen LogP contribution < -0.4 is 11.1 Å². The van der Waals surface area contributed by atoms with Gasteiger partial charge in [-0.2, -0.15) is 5.10 Å². The van der Waals surface area contributed by atoms with Crippen molar-refractivity contribution in [3.05, 3.63) is 18.0 Å². The highest BCUT2D eigenvalue weighted by Gasteiger charge is 2.32. The van der Waals surface area contributed by atoms with E-state index in [0.717, 1.165) is 25.7 Å². The van der Waals surface area contributed by atoms with Gasteiger partial charge in [0.25, 0.3) is 5.91 Å². The molecule has 0 spiro atoms. The van der Waals surface area contributed by atoms with Crippen LogP contribution in [0.3, 0.4) is 0 Å². The number of H-pyrrole nitrogens is 1. The highest BCUT2D eigenvalue weighted by molar-refractivity contribution is 5.94. The lowest BCUT2D eigenvalue weighted by molar-refractivity contribution is 0.0874. The van der Waals surface area contributed by atoms with Crippen LogP contribution >= 0.6 is 0 Å². The number of aromatic amines is 1. The first-order valence-corrected chi connectivity index (χ1v) is 5.77. The van der Waals surface area contributed by atoms with Crippen LogP contribution in [0.1, 0.15) is 42.5 Å². The first kappa shape index (κ1) is 11.1. The Kier molecular flexibility index (Phi) is 3.24. The highest BCUT2D eigenvalue weighted by Crippen LogP contribution is 2.27. The third kappa shape index (κ3) is 2.24. The average Bonchev–Trinajstić information content (AvgIpc) is 2.84. The first-order chi connectivity index (χ1) is 7.76. The van der Waals surface area contributed by atoms with Crippen LogP contribution in [-0.4, -0.2) is 28.2 Å². The molecule has 0 aromatic carbocycles. The number of hydrogen-bond acceptors (Lipinski definition) is 3. The van der Waals surface area contributed by atoms with E-state index in [1.165, 1.54) is 12.6 Å². The summed E-state index contributed by atoms with van der Waals surface area (Å²) >= 11 is 0. The van der Waals surface area contributed by atoms with Gasteiger partial charge in [-0.3, -0.25) is 9.89 Å². The second kappa shape index (κ2) is 4.65. The van der Waals surface area contributed by atoms with Gasteiger partial charge in [0.2, 0.25) is 0 Å². The van der Waals surface area contributed by atoms with Gasteiger partial charge in [0.1, 0.15) is 0 Å². The molecule has 0 bridgehead atoms. The van der Waals surface area contributed by atoms with E-state index >= 15 is 0 Å². The summed E-state index contributed by atoms with van der Waals surface area (Å²) < 4.78 is 0. The van der Waals surface area contributed by atoms with Crippen molar-refractivity contribution in [3.8, 4) is 0 Å². The summed E-state index contributed by atoms with van der Waals surface area (Å²) in [5.41, 5.74) is 6.17. The number of carbonyl (C=O) groups is 1. The Bertz CT molecular complexity index is 341. The van der Waals surface area contributed by atoms with Gasteiger partial charge in [-0.1, -0.05) is 19.3 Å². The van der Waals surface area contributed by atoms with Crippen LogP contribution in [0.25, 0.3) is 0 Å². The molecule has 1 fully saturated rings. The molecule has 1 aliphatic carbocycles. The van der Waals surface area contributed by atoms with Crippen molar-refractivity contribution < 1.29 is 4.79 Å². The normalized spacial score (nSPS) is 19.3. The van der Waals surface area contributed by atoms with Crippen molar-refractivity contribution in [2.45, 2.75) is 37.6 Å². The number of nitrogens with two attached hydrogens (primary N) is 1. The predicted octanol–water partition coefficient (Wildman–Crippen LogP) is 0.801. The minimum atomic E-state index is -0.202. The molecule has 16 heavy (non-hydrogen) atoms. The Morgan fingerprint density at radius 1 is 1.50 bits per heavy atom. The lowest BCUT2D eigenvalue weighted by Crippen LogP contribution is -2.54. The SMILES string of the molecule is NCC1(NC(=O)c2cn[nH]c2)CCCCC1. The number of aromatic nitrogens is 2. The van der Waals surface area contributed by atoms with Gasteiger partial charge < -0.3 is 11.1 Å². The Labute approximate surface area is 94.8 Å². The molecule has 2 rings (SSSR count). The molecule has 88 valence electrons. The maximum Gasteiger partial charge on any atom is 0.254 e. The zero-order valence-corrected chi connectivity index (χ0v) is 9.33. The van der Waals surface area contributed by atoms with E-state index in [-0.39, 0.29) is 11.4 Å². The Morgan fingerprint density at radius 2 is 2.25 bits per heavy atom. The van der Waals surface area contributed by atoms with Crippen LogP contribution in [0, 0.1) is 0 Å². The minimum absolute atomic E-state index is 0.0823. The fourth-order valence-corrected chi connectivity index (χ4v) is 2.30. The summed E-state index contributed by atoms with van der Waals surface area (Å²) in [5, 5.41) is 9.46. The first-order valence-electron chi connectivity index (χ1n) is 5.77. The van der Waals surface area contributed by atoms with Crippen molar-refractivity contribution in [1.82, 2.24) is 15.5 Å². The lowest BCUT2D eigenvalue weighted by Gasteiger charge is -2.37. The smallest absolute Gasteiger partial charge is 0.254 e. The van der Waals surface area contributed by atoms with Crippen LogP contribution in [-0.2, 0) is 0 Å². The Morgan fingerprint density at radius 3 is 2.81 bits per heavy atom. The van der Waals surface area contributed by atoms with Gasteiger partial charge >= 0.3 is 0 Å². The number of amides is 1. The third-order valence-corrected chi connectivity index (χ3v) is 3.34. The lowest BCUT2D eigenvalue weighted by atomic mass is 9.81. The van der Waals surface area contributed by atoms with E-state index < -0.39 is 0 Å². The molecule has 1 aromatic heterocycles. The van der Waals surface area contributed by atoms with Crippen molar-refractivity contribution in [2.24, 2.45) is 5.73 Å². The van der Waals surface area contributed by atoms with E-state index in [0.29, 0.717) is 12.1 Å². The zero-order chi connectivity index (χ0) is 11.4. The molecule has 1 aromatic rings. The van der Waals surface area contributed by atoms with Gasteiger partial charge in [0.15, 0.2) is 0 Å². The molecule has 5 heteroatoms. The fourth-order valence-electron chi connectivity index (χ4n) is 2.30. The molecule has 5 nitrogen and oxygen atoms in total. The van der Waals surface area contributed by atoms with Gasteiger partial charge in [-0.25, -0.2) is 0 Å². The molecule has 0 saturated heterocycles. The summed E-state index contributed by atoms with van der Waals surface area (Å²) in [7, 11) is 0. The molecule has 0 aliphatic heterocycles. The molecule has 1 amide bonds. The summed E-state index contributed by atoms with van der Waals surface area (Å²) in [4.78, 5) is 11.9. The van der Waals surface area contributed by atoms with Gasteiger partial charge in [0, 0.05) is 12.7 Å². The summed E-state index contributed by atoms with van der Waals surface area (Å²) in [5.74, 6) is -0.0823. The Balaban J connectivity index is 2.03. The number of rotatable bonds is 3. The molecule has 1 saturated carbocycles. The molecular weight excluding hydrogens is 204 g/mol. The van der Waals surface area contributed by atoms with Gasteiger partial charge in [0.05, 0.1) is 17.3 Å². The van der Waals surface area contributed by atoms with Crippen molar-refractivity contribution in [2.75, 3.05) is 6.54 Å². The van der Waals surface area contributed by atoms with Crippen LogP contribution in [0.2, 0.25) is 0 Å². The number of carbonyl (C=O) groups excluding carboxylic acids is 1. The maximum absolute atomic E-state index is 11.9. The second-order valence-corrected chi connectivity index (χ2v) is 4.49. The fraction of sp³-hybridized carbons (Fsp3) is 0.636. The summed E-state index contributed by atoms with van der Waals surface area (Å²) in [6.45, 7) is 0.511. The standard InChI is InChI=1S/C11H18N4O/c12-8-11(4-2-1-3-5-11)15-10(16)9-6-13-14-7-9/h6-7H,1-5,8,12H2,(H,13,14)(H,15,16). The van der Waals surface area contributed by atoms with E-state index in [1.807, 2.05) is 0 Å². The van der Waals surface area contributed by atoms with E-state index in [4.69, 9.17) is 5.73 Å². The molecule has 1 heterocycles. The Hall–Kier alpha value is -1.36. The maximum atomic E-state index is 11.9. The molecule has 4 N–H and O–H groups in total. The van der Waals surface area contributed by atoms with Crippen molar-refractivity contribution in [1.29, 1.82) is 0 Å². The van der Waals surface area contributed by atoms with E-state index in [1.54, 1.807) is 6.20 Å². The molecule has 1 aliphatic rings. The zero-order valence-electron chi connectivity index (χ0n) is 9.33. The van der Waals surface area contributed by atoms with Crippen LogP contribution in [0.5, 0.6) is 0 Å². The summed E-state index contributed by atoms with van der Waals surface area (Å²) in [6, 6.07) is 0. The van der Waals surface area contributed by atoms with E-state index in [2.05, 4.69) is 15.5 Å². The van der Waals surface area contributed by atoms with Crippen LogP contribution in [0.4, 0.5) is 0 Å².